The van der Waals surface area contributed by atoms with Crippen molar-refractivity contribution < 1.29 is 9.59 Å². The van der Waals surface area contributed by atoms with Crippen LogP contribution in [0, 0.1) is 19.8 Å². The average Bonchev–Trinajstić information content (AvgIpc) is 2.62. The van der Waals surface area contributed by atoms with Gasteiger partial charge in [-0.15, -0.1) is 0 Å². The van der Waals surface area contributed by atoms with Crippen LogP contribution in [0.15, 0.2) is 36.4 Å². The summed E-state index contributed by atoms with van der Waals surface area (Å²) >= 11 is 0. The second-order valence-electron chi connectivity index (χ2n) is 7.34. The smallest absolute Gasteiger partial charge is 0.255 e. The van der Waals surface area contributed by atoms with Gasteiger partial charge in [0.2, 0.25) is 5.91 Å². The molecule has 0 aliphatic carbocycles. The summed E-state index contributed by atoms with van der Waals surface area (Å²) in [5, 5.41) is 2.98. The van der Waals surface area contributed by atoms with E-state index in [1.807, 2.05) is 69.0 Å². The maximum absolute atomic E-state index is 12.5. The highest BCUT2D eigenvalue weighted by molar-refractivity contribution is 6.05. The molecule has 0 bridgehead atoms. The fourth-order valence-electron chi connectivity index (χ4n) is 3.30. The van der Waals surface area contributed by atoms with Gasteiger partial charge in [-0.25, -0.2) is 0 Å². The van der Waals surface area contributed by atoms with Gasteiger partial charge in [-0.05, 0) is 73.7 Å². The predicted molar refractivity (Wildman–Crippen MR) is 106 cm³/mol. The van der Waals surface area contributed by atoms with E-state index in [1.54, 1.807) is 0 Å². The van der Waals surface area contributed by atoms with Crippen LogP contribution in [0.2, 0.25) is 0 Å². The van der Waals surface area contributed by atoms with Crippen molar-refractivity contribution in [2.24, 2.45) is 5.92 Å². The third kappa shape index (κ3) is 3.64. The Kier molecular flexibility index (Phi) is 5.12. The van der Waals surface area contributed by atoms with Gasteiger partial charge in [0.25, 0.3) is 5.91 Å². The van der Waals surface area contributed by atoms with Crippen LogP contribution in [0.4, 0.5) is 11.4 Å². The van der Waals surface area contributed by atoms with Gasteiger partial charge < -0.3 is 10.2 Å². The Morgan fingerprint density at radius 2 is 1.81 bits per heavy atom. The minimum absolute atomic E-state index is 0.0230. The molecule has 1 N–H and O–H groups in total. The fourth-order valence-corrected chi connectivity index (χ4v) is 3.30. The molecular weight excluding hydrogens is 324 g/mol. The van der Waals surface area contributed by atoms with Crippen LogP contribution in [0.25, 0.3) is 0 Å². The molecule has 2 aromatic carbocycles. The first-order valence-corrected chi connectivity index (χ1v) is 9.19. The number of carbonyl (C=O) groups is 2. The zero-order valence-electron chi connectivity index (χ0n) is 15.9. The predicted octanol–water partition coefficient (Wildman–Crippen LogP) is 4.49. The number of benzene rings is 2. The van der Waals surface area contributed by atoms with Crippen molar-refractivity contribution >= 4 is 23.2 Å². The lowest BCUT2D eigenvalue weighted by Crippen LogP contribution is -2.38. The molecule has 0 spiro atoms. The van der Waals surface area contributed by atoms with E-state index in [9.17, 15) is 9.59 Å². The largest absolute Gasteiger partial charge is 0.322 e. The van der Waals surface area contributed by atoms with E-state index in [0.717, 1.165) is 41.9 Å². The third-order valence-corrected chi connectivity index (χ3v) is 4.99. The van der Waals surface area contributed by atoms with Crippen LogP contribution in [-0.2, 0) is 11.2 Å². The molecule has 0 atom stereocenters. The van der Waals surface area contributed by atoms with Crippen molar-refractivity contribution in [1.82, 2.24) is 0 Å². The Labute approximate surface area is 155 Å². The minimum atomic E-state index is -0.112. The number of amides is 2. The fraction of sp³-hybridized carbons (Fsp3) is 0.364. The lowest BCUT2D eigenvalue weighted by atomic mass is 9.99. The topological polar surface area (TPSA) is 49.4 Å². The number of aryl methyl sites for hydroxylation is 3. The Morgan fingerprint density at radius 3 is 2.50 bits per heavy atom. The minimum Gasteiger partial charge on any atom is -0.322 e. The van der Waals surface area contributed by atoms with Crippen molar-refractivity contribution in [2.45, 2.75) is 40.5 Å². The van der Waals surface area contributed by atoms with Crippen molar-refractivity contribution in [3.63, 3.8) is 0 Å². The number of hydrogen-bond donors (Lipinski definition) is 1. The van der Waals surface area contributed by atoms with Gasteiger partial charge in [0.15, 0.2) is 0 Å². The Bertz CT molecular complexity index is 855. The first-order chi connectivity index (χ1) is 12.4. The molecule has 0 fully saturated rings. The average molecular weight is 350 g/mol. The van der Waals surface area contributed by atoms with E-state index < -0.39 is 0 Å². The molecule has 0 radical (unpaired) electrons. The van der Waals surface area contributed by atoms with Crippen LogP contribution in [-0.4, -0.2) is 18.4 Å². The molecule has 4 nitrogen and oxygen atoms in total. The lowest BCUT2D eigenvalue weighted by molar-refractivity contribution is -0.121. The van der Waals surface area contributed by atoms with E-state index in [4.69, 9.17) is 0 Å². The number of anilines is 2. The summed E-state index contributed by atoms with van der Waals surface area (Å²) in [6, 6.07) is 11.5. The normalized spacial score (nSPS) is 13.5. The first kappa shape index (κ1) is 18.2. The van der Waals surface area contributed by atoms with Gasteiger partial charge in [0.1, 0.15) is 0 Å². The number of rotatable bonds is 3. The highest BCUT2D eigenvalue weighted by Crippen LogP contribution is 2.31. The molecule has 2 amide bonds. The Balaban J connectivity index is 1.81. The molecule has 3 rings (SSSR count). The quantitative estimate of drug-likeness (QED) is 0.886. The molecular formula is C22H26N2O2. The summed E-state index contributed by atoms with van der Waals surface area (Å²) in [5.74, 6) is 0.0157. The molecule has 136 valence electrons. The molecule has 1 heterocycles. The van der Waals surface area contributed by atoms with Gasteiger partial charge in [0, 0.05) is 29.4 Å². The SMILES string of the molecule is Cc1ccc(C(=O)Nc2ccc3c(c2)CCCN3C(=O)C(C)C)cc1C. The molecule has 0 aromatic heterocycles. The van der Waals surface area contributed by atoms with E-state index >= 15 is 0 Å². The summed E-state index contributed by atoms with van der Waals surface area (Å²) in [6.45, 7) is 8.65. The highest BCUT2D eigenvalue weighted by Gasteiger charge is 2.24. The summed E-state index contributed by atoms with van der Waals surface area (Å²) in [6.07, 6.45) is 1.87. The second-order valence-corrected chi connectivity index (χ2v) is 7.34. The molecule has 0 saturated carbocycles. The van der Waals surface area contributed by atoms with Crippen LogP contribution in [0.1, 0.15) is 47.3 Å². The maximum atomic E-state index is 12.5. The monoisotopic (exact) mass is 350 g/mol. The molecule has 2 aromatic rings. The Morgan fingerprint density at radius 1 is 1.04 bits per heavy atom. The second kappa shape index (κ2) is 7.32. The van der Waals surface area contributed by atoms with Gasteiger partial charge in [-0.1, -0.05) is 19.9 Å². The van der Waals surface area contributed by atoms with Gasteiger partial charge in [-0.2, -0.15) is 0 Å². The van der Waals surface area contributed by atoms with Gasteiger partial charge >= 0.3 is 0 Å². The standard InChI is InChI=1S/C22H26N2O2/c1-14(2)22(26)24-11-5-6-17-13-19(9-10-20(17)24)23-21(25)18-8-7-15(3)16(4)12-18/h7-10,12-14H,5-6,11H2,1-4H3,(H,23,25). The Hall–Kier alpha value is -2.62. The van der Waals surface area contributed by atoms with Crippen LogP contribution < -0.4 is 10.2 Å². The number of nitrogens with one attached hydrogen (secondary N) is 1. The lowest BCUT2D eigenvalue weighted by Gasteiger charge is -2.31. The van der Waals surface area contributed by atoms with Crippen molar-refractivity contribution in [3.05, 3.63) is 58.7 Å². The summed E-state index contributed by atoms with van der Waals surface area (Å²) in [5.41, 5.74) is 5.78. The van der Waals surface area contributed by atoms with Crippen LogP contribution in [0.3, 0.4) is 0 Å². The van der Waals surface area contributed by atoms with Crippen molar-refractivity contribution in [1.29, 1.82) is 0 Å². The molecule has 26 heavy (non-hydrogen) atoms. The highest BCUT2D eigenvalue weighted by atomic mass is 16.2. The van der Waals surface area contributed by atoms with E-state index in [1.165, 1.54) is 5.56 Å². The molecule has 1 aliphatic heterocycles. The summed E-state index contributed by atoms with van der Waals surface area (Å²) < 4.78 is 0. The van der Waals surface area contributed by atoms with E-state index in [2.05, 4.69) is 5.32 Å². The number of nitrogens with zero attached hydrogens (tertiary/aromatic N) is 1. The van der Waals surface area contributed by atoms with E-state index in [-0.39, 0.29) is 17.7 Å². The number of hydrogen-bond acceptors (Lipinski definition) is 2. The van der Waals surface area contributed by atoms with Crippen LogP contribution in [0.5, 0.6) is 0 Å². The maximum Gasteiger partial charge on any atom is 0.255 e. The molecule has 1 aliphatic rings. The zero-order chi connectivity index (χ0) is 18.8. The molecule has 0 saturated heterocycles. The van der Waals surface area contributed by atoms with Crippen LogP contribution >= 0.6 is 0 Å². The summed E-state index contributed by atoms with van der Waals surface area (Å²) in [4.78, 5) is 26.8. The van der Waals surface area contributed by atoms with Crippen molar-refractivity contribution in [2.75, 3.05) is 16.8 Å². The summed E-state index contributed by atoms with van der Waals surface area (Å²) in [7, 11) is 0. The molecule has 4 heteroatoms. The zero-order valence-corrected chi connectivity index (χ0v) is 15.9. The van der Waals surface area contributed by atoms with Gasteiger partial charge in [0.05, 0.1) is 0 Å². The first-order valence-electron chi connectivity index (χ1n) is 9.19. The molecule has 0 unspecified atom stereocenters. The third-order valence-electron chi connectivity index (χ3n) is 4.99. The van der Waals surface area contributed by atoms with E-state index in [0.29, 0.717) is 5.56 Å². The van der Waals surface area contributed by atoms with Gasteiger partial charge in [-0.3, -0.25) is 9.59 Å². The number of fused-ring (bicyclic) bond motifs is 1. The van der Waals surface area contributed by atoms with Crippen molar-refractivity contribution in [3.8, 4) is 0 Å². The number of carbonyl (C=O) groups excluding carboxylic acids is 2.